The molecule has 0 spiro atoms. The number of aliphatic carboxylic acids is 1. The molecule has 0 fully saturated rings. The lowest BCUT2D eigenvalue weighted by Gasteiger charge is -2.23. The molecule has 0 aliphatic carbocycles. The Labute approximate surface area is 129 Å². The smallest absolute Gasteiger partial charge is 0.307 e. The number of hydrogen-bond donors (Lipinski definition) is 1. The van der Waals surface area contributed by atoms with E-state index in [0.717, 1.165) is 17.8 Å². The predicted octanol–water partition coefficient (Wildman–Crippen LogP) is 2.88. The largest absolute Gasteiger partial charge is 0.481 e. The van der Waals surface area contributed by atoms with E-state index < -0.39 is 5.97 Å². The maximum atomic E-state index is 12.9. The van der Waals surface area contributed by atoms with Gasteiger partial charge in [0.2, 0.25) is 0 Å². The second-order valence-electron chi connectivity index (χ2n) is 5.42. The van der Waals surface area contributed by atoms with Gasteiger partial charge in [0.05, 0.1) is 6.42 Å². The average molecular weight is 295 g/mol. The Bertz CT molecular complexity index is 752. The van der Waals surface area contributed by atoms with Crippen LogP contribution in [-0.2, 0) is 17.8 Å². The number of hydrogen-bond acceptors (Lipinski definition) is 3. The Morgan fingerprint density at radius 2 is 1.95 bits per heavy atom. The van der Waals surface area contributed by atoms with Crippen molar-refractivity contribution in [2.45, 2.75) is 19.9 Å². The van der Waals surface area contributed by atoms with E-state index >= 15 is 0 Å². The molecule has 1 aliphatic rings. The first kappa shape index (κ1) is 14.3. The maximum Gasteiger partial charge on any atom is 0.307 e. The highest BCUT2D eigenvalue weighted by atomic mass is 16.4. The number of ketones is 1. The van der Waals surface area contributed by atoms with E-state index in [1.165, 1.54) is 0 Å². The molecule has 4 nitrogen and oxygen atoms in total. The summed E-state index contributed by atoms with van der Waals surface area (Å²) in [7, 11) is 0. The van der Waals surface area contributed by atoms with Crippen LogP contribution in [-0.4, -0.2) is 23.4 Å². The lowest BCUT2D eigenvalue weighted by atomic mass is 9.97. The zero-order valence-electron chi connectivity index (χ0n) is 12.4. The van der Waals surface area contributed by atoms with Crippen LogP contribution in [0.3, 0.4) is 0 Å². The van der Waals surface area contributed by atoms with Crippen molar-refractivity contribution in [1.29, 1.82) is 0 Å². The van der Waals surface area contributed by atoms with Gasteiger partial charge in [0, 0.05) is 29.9 Å². The Hall–Kier alpha value is -2.62. The van der Waals surface area contributed by atoms with Crippen LogP contribution in [0.1, 0.15) is 34.0 Å². The molecule has 0 atom stereocenters. The number of carbonyl (C=O) groups is 2. The fourth-order valence-electron chi connectivity index (χ4n) is 2.92. The molecule has 1 heterocycles. The molecule has 0 aromatic heterocycles. The summed E-state index contributed by atoms with van der Waals surface area (Å²) in [6, 6.07) is 13.0. The fourth-order valence-corrected chi connectivity index (χ4v) is 2.92. The standard InChI is InChI=1S/C18H17NO3/c1-2-19-11-13-5-3-4-6-14(13)18(22)15-9-12(10-17(20)21)7-8-16(15)19/h3-9H,2,10-11H2,1H3,(H,20,21). The molecule has 0 saturated carbocycles. The van der Waals surface area contributed by atoms with E-state index in [4.69, 9.17) is 5.11 Å². The van der Waals surface area contributed by atoms with Gasteiger partial charge in [-0.3, -0.25) is 9.59 Å². The van der Waals surface area contributed by atoms with Crippen LogP contribution in [0.5, 0.6) is 0 Å². The van der Waals surface area contributed by atoms with Gasteiger partial charge in [-0.05, 0) is 30.2 Å². The second-order valence-corrected chi connectivity index (χ2v) is 5.42. The summed E-state index contributed by atoms with van der Waals surface area (Å²) in [4.78, 5) is 25.9. The van der Waals surface area contributed by atoms with Crippen molar-refractivity contribution in [2.75, 3.05) is 11.4 Å². The molecule has 0 saturated heterocycles. The van der Waals surface area contributed by atoms with Crippen molar-refractivity contribution in [3.05, 3.63) is 64.7 Å². The molecule has 2 aromatic rings. The first-order chi connectivity index (χ1) is 10.6. The third-order valence-electron chi connectivity index (χ3n) is 4.01. The molecule has 1 N–H and O–H groups in total. The molecule has 4 heteroatoms. The number of carbonyl (C=O) groups excluding carboxylic acids is 1. The lowest BCUT2D eigenvalue weighted by molar-refractivity contribution is -0.136. The summed E-state index contributed by atoms with van der Waals surface area (Å²) in [5.74, 6) is -0.928. The Kier molecular flexibility index (Phi) is 3.67. The van der Waals surface area contributed by atoms with Crippen molar-refractivity contribution >= 4 is 17.4 Å². The number of fused-ring (bicyclic) bond motifs is 2. The van der Waals surface area contributed by atoms with E-state index in [2.05, 4.69) is 4.90 Å². The summed E-state index contributed by atoms with van der Waals surface area (Å²) >= 11 is 0. The van der Waals surface area contributed by atoms with Gasteiger partial charge in [-0.1, -0.05) is 30.3 Å². The van der Waals surface area contributed by atoms with Crippen molar-refractivity contribution < 1.29 is 14.7 Å². The zero-order valence-corrected chi connectivity index (χ0v) is 12.4. The number of nitrogens with zero attached hydrogens (tertiary/aromatic N) is 1. The van der Waals surface area contributed by atoms with E-state index in [-0.39, 0.29) is 12.2 Å². The van der Waals surface area contributed by atoms with Crippen LogP contribution in [0.25, 0.3) is 0 Å². The van der Waals surface area contributed by atoms with E-state index in [0.29, 0.717) is 23.2 Å². The number of carboxylic acids is 1. The lowest BCUT2D eigenvalue weighted by Crippen LogP contribution is -2.22. The SMILES string of the molecule is CCN1Cc2ccccc2C(=O)c2cc(CC(=O)O)ccc21. The normalized spacial score (nSPS) is 13.3. The van der Waals surface area contributed by atoms with Crippen molar-refractivity contribution in [3.8, 4) is 0 Å². The van der Waals surface area contributed by atoms with Crippen LogP contribution >= 0.6 is 0 Å². The van der Waals surface area contributed by atoms with Crippen molar-refractivity contribution in [2.24, 2.45) is 0 Å². The molecule has 22 heavy (non-hydrogen) atoms. The van der Waals surface area contributed by atoms with Crippen LogP contribution in [0, 0.1) is 0 Å². The second kappa shape index (κ2) is 5.64. The number of rotatable bonds is 3. The minimum Gasteiger partial charge on any atom is -0.481 e. The highest BCUT2D eigenvalue weighted by molar-refractivity contribution is 6.14. The van der Waals surface area contributed by atoms with E-state index in [9.17, 15) is 9.59 Å². The van der Waals surface area contributed by atoms with Crippen molar-refractivity contribution in [1.82, 2.24) is 0 Å². The fraction of sp³-hybridized carbons (Fsp3) is 0.222. The molecule has 2 aromatic carbocycles. The summed E-state index contributed by atoms with van der Waals surface area (Å²) in [5.41, 5.74) is 3.82. The monoisotopic (exact) mass is 295 g/mol. The Balaban J connectivity index is 2.15. The zero-order chi connectivity index (χ0) is 15.7. The molecular formula is C18H17NO3. The van der Waals surface area contributed by atoms with Gasteiger partial charge in [-0.15, -0.1) is 0 Å². The summed E-state index contributed by atoms with van der Waals surface area (Å²) in [6.45, 7) is 3.52. The van der Waals surface area contributed by atoms with E-state index in [1.54, 1.807) is 12.1 Å². The van der Waals surface area contributed by atoms with Gasteiger partial charge in [-0.25, -0.2) is 0 Å². The summed E-state index contributed by atoms with van der Waals surface area (Å²) in [5, 5.41) is 8.95. The molecule has 0 bridgehead atoms. The first-order valence-corrected chi connectivity index (χ1v) is 7.32. The van der Waals surface area contributed by atoms with Crippen molar-refractivity contribution in [3.63, 3.8) is 0 Å². The molecule has 1 aliphatic heterocycles. The van der Waals surface area contributed by atoms with Gasteiger partial charge in [0.15, 0.2) is 5.78 Å². The van der Waals surface area contributed by atoms with Crippen LogP contribution < -0.4 is 4.90 Å². The number of benzene rings is 2. The molecule has 112 valence electrons. The highest BCUT2D eigenvalue weighted by Gasteiger charge is 2.24. The number of anilines is 1. The molecule has 0 amide bonds. The van der Waals surface area contributed by atoms with Gasteiger partial charge in [-0.2, -0.15) is 0 Å². The molecule has 3 rings (SSSR count). The van der Waals surface area contributed by atoms with E-state index in [1.807, 2.05) is 37.3 Å². The van der Waals surface area contributed by atoms with Gasteiger partial charge in [0.1, 0.15) is 0 Å². The van der Waals surface area contributed by atoms with Crippen LogP contribution in [0.4, 0.5) is 5.69 Å². The van der Waals surface area contributed by atoms with Gasteiger partial charge >= 0.3 is 5.97 Å². The average Bonchev–Trinajstić information content (AvgIpc) is 2.62. The third kappa shape index (κ3) is 2.48. The topological polar surface area (TPSA) is 57.6 Å². The maximum absolute atomic E-state index is 12.9. The predicted molar refractivity (Wildman–Crippen MR) is 84.4 cm³/mol. The first-order valence-electron chi connectivity index (χ1n) is 7.32. The third-order valence-corrected chi connectivity index (χ3v) is 4.01. The van der Waals surface area contributed by atoms with Gasteiger partial charge < -0.3 is 10.0 Å². The molecule has 0 unspecified atom stereocenters. The van der Waals surface area contributed by atoms with Gasteiger partial charge in [0.25, 0.3) is 0 Å². The van der Waals surface area contributed by atoms with Crippen LogP contribution in [0.15, 0.2) is 42.5 Å². The summed E-state index contributed by atoms with van der Waals surface area (Å²) < 4.78 is 0. The minimum absolute atomic E-state index is 0.0335. The molecule has 0 radical (unpaired) electrons. The highest BCUT2D eigenvalue weighted by Crippen LogP contribution is 2.31. The Morgan fingerprint density at radius 1 is 1.18 bits per heavy atom. The molecular weight excluding hydrogens is 278 g/mol. The minimum atomic E-state index is -0.895. The number of carboxylic acid groups (broad SMARTS) is 1. The summed E-state index contributed by atoms with van der Waals surface area (Å²) in [6.07, 6.45) is -0.0751. The Morgan fingerprint density at radius 3 is 2.68 bits per heavy atom. The van der Waals surface area contributed by atoms with Crippen LogP contribution in [0.2, 0.25) is 0 Å². The quantitative estimate of drug-likeness (QED) is 0.946.